The van der Waals surface area contributed by atoms with Crippen LogP contribution in [0.5, 0.6) is 5.75 Å². The van der Waals surface area contributed by atoms with Gasteiger partial charge in [0.05, 0.1) is 7.11 Å². The average Bonchev–Trinajstić information content (AvgIpc) is 2.67. The Morgan fingerprint density at radius 2 is 2.27 bits per heavy atom. The first kappa shape index (κ1) is 11.0. The number of nitrogens with one attached hydrogen (secondary N) is 1. The van der Waals surface area contributed by atoms with Crippen LogP contribution in [0.3, 0.4) is 0 Å². The predicted molar refractivity (Wildman–Crippen MR) is 65.3 cm³/mol. The van der Waals surface area contributed by atoms with Gasteiger partial charge in [0.15, 0.2) is 0 Å². The number of hydrogen-bond donors (Lipinski definition) is 1. The fourth-order valence-corrected chi connectivity index (χ4v) is 2.86. The Morgan fingerprint density at radius 1 is 1.47 bits per heavy atom. The minimum absolute atomic E-state index is 0.0906. The second-order valence-electron chi connectivity index (χ2n) is 4.21. The molecule has 0 bridgehead atoms. The molecule has 1 aromatic rings. The first-order valence-corrected chi connectivity index (χ1v) is 6.04. The second-order valence-corrected chi connectivity index (χ2v) is 5.06. The summed E-state index contributed by atoms with van der Waals surface area (Å²) in [5.74, 6) is 0.920. The van der Waals surface area contributed by atoms with E-state index in [0.29, 0.717) is 0 Å². The number of benzene rings is 1. The van der Waals surface area contributed by atoms with Gasteiger partial charge in [-0.1, -0.05) is 15.9 Å². The fourth-order valence-electron chi connectivity index (χ4n) is 2.18. The van der Waals surface area contributed by atoms with Gasteiger partial charge in [0.25, 0.3) is 0 Å². The molecular formula is C12H16BrNO. The van der Waals surface area contributed by atoms with Crippen LogP contribution >= 0.6 is 15.9 Å². The minimum atomic E-state index is 0.0906. The normalized spacial score (nSPS) is 25.5. The molecule has 15 heavy (non-hydrogen) atoms. The summed E-state index contributed by atoms with van der Waals surface area (Å²) >= 11 is 3.61. The molecule has 1 aliphatic rings. The highest BCUT2D eigenvalue weighted by molar-refractivity contribution is 9.10. The lowest BCUT2D eigenvalue weighted by Crippen LogP contribution is -2.33. The van der Waals surface area contributed by atoms with Gasteiger partial charge in [0.2, 0.25) is 0 Å². The number of hydrogen-bond acceptors (Lipinski definition) is 2. The van der Waals surface area contributed by atoms with Gasteiger partial charge in [-0.15, -0.1) is 0 Å². The molecule has 0 spiro atoms. The molecule has 0 aromatic heterocycles. The average molecular weight is 270 g/mol. The lowest BCUT2D eigenvalue weighted by molar-refractivity contribution is 0.403. The summed E-state index contributed by atoms with van der Waals surface area (Å²) in [6, 6.07) is 6.15. The minimum Gasteiger partial charge on any atom is -0.497 e. The number of methoxy groups -OCH3 is 1. The Balaban J connectivity index is 2.41. The molecule has 1 fully saturated rings. The molecule has 1 heterocycles. The van der Waals surface area contributed by atoms with Crippen molar-refractivity contribution in [1.82, 2.24) is 5.32 Å². The van der Waals surface area contributed by atoms with Crippen LogP contribution in [-0.2, 0) is 5.54 Å². The lowest BCUT2D eigenvalue weighted by atomic mass is 9.90. The quantitative estimate of drug-likeness (QED) is 0.891. The topological polar surface area (TPSA) is 21.3 Å². The van der Waals surface area contributed by atoms with E-state index in [2.05, 4.69) is 40.3 Å². The summed E-state index contributed by atoms with van der Waals surface area (Å²) in [6.45, 7) is 3.35. The number of rotatable bonds is 2. The summed E-state index contributed by atoms with van der Waals surface area (Å²) in [4.78, 5) is 0. The first-order valence-electron chi connectivity index (χ1n) is 5.25. The number of ether oxygens (including phenoxy) is 1. The molecule has 1 saturated heterocycles. The predicted octanol–water partition coefficient (Wildman–Crippen LogP) is 3.06. The van der Waals surface area contributed by atoms with Crippen molar-refractivity contribution in [2.45, 2.75) is 25.3 Å². The van der Waals surface area contributed by atoms with Crippen LogP contribution in [-0.4, -0.2) is 13.7 Å². The zero-order valence-corrected chi connectivity index (χ0v) is 10.7. The van der Waals surface area contributed by atoms with E-state index in [9.17, 15) is 0 Å². The van der Waals surface area contributed by atoms with E-state index in [1.54, 1.807) is 7.11 Å². The molecule has 0 amide bonds. The van der Waals surface area contributed by atoms with Gasteiger partial charge in [-0.3, -0.25) is 0 Å². The Labute approximate surface area is 99.1 Å². The Hall–Kier alpha value is -0.540. The smallest absolute Gasteiger partial charge is 0.119 e. The van der Waals surface area contributed by atoms with Crippen molar-refractivity contribution in [2.24, 2.45) is 0 Å². The van der Waals surface area contributed by atoms with E-state index < -0.39 is 0 Å². The van der Waals surface area contributed by atoms with Crippen molar-refractivity contribution in [3.63, 3.8) is 0 Å². The highest BCUT2D eigenvalue weighted by Gasteiger charge is 2.31. The van der Waals surface area contributed by atoms with E-state index in [1.807, 2.05) is 6.07 Å². The van der Waals surface area contributed by atoms with Crippen molar-refractivity contribution >= 4 is 15.9 Å². The third-order valence-corrected chi connectivity index (χ3v) is 3.83. The molecule has 0 aliphatic carbocycles. The van der Waals surface area contributed by atoms with Gasteiger partial charge in [-0.05, 0) is 50.1 Å². The molecular weight excluding hydrogens is 254 g/mol. The summed E-state index contributed by atoms with van der Waals surface area (Å²) in [7, 11) is 1.71. The van der Waals surface area contributed by atoms with E-state index >= 15 is 0 Å². The van der Waals surface area contributed by atoms with E-state index in [-0.39, 0.29) is 5.54 Å². The zero-order chi connectivity index (χ0) is 10.9. The summed E-state index contributed by atoms with van der Waals surface area (Å²) in [5.41, 5.74) is 1.38. The monoisotopic (exact) mass is 269 g/mol. The van der Waals surface area contributed by atoms with Crippen molar-refractivity contribution in [3.05, 3.63) is 28.2 Å². The van der Waals surface area contributed by atoms with Gasteiger partial charge in [-0.2, -0.15) is 0 Å². The zero-order valence-electron chi connectivity index (χ0n) is 9.14. The molecule has 2 rings (SSSR count). The van der Waals surface area contributed by atoms with Gasteiger partial charge >= 0.3 is 0 Å². The van der Waals surface area contributed by atoms with Crippen LogP contribution in [0.4, 0.5) is 0 Å². The Kier molecular flexibility index (Phi) is 3.03. The van der Waals surface area contributed by atoms with Crippen LogP contribution in [0.2, 0.25) is 0 Å². The third kappa shape index (κ3) is 2.04. The maximum absolute atomic E-state index is 5.27. The van der Waals surface area contributed by atoms with Crippen molar-refractivity contribution in [3.8, 4) is 5.75 Å². The Bertz CT molecular complexity index is 359. The van der Waals surface area contributed by atoms with Crippen molar-refractivity contribution in [2.75, 3.05) is 13.7 Å². The third-order valence-electron chi connectivity index (χ3n) is 3.14. The van der Waals surface area contributed by atoms with Gasteiger partial charge in [0.1, 0.15) is 5.75 Å². The fraction of sp³-hybridized carbons (Fsp3) is 0.500. The Morgan fingerprint density at radius 3 is 2.87 bits per heavy atom. The highest BCUT2D eigenvalue weighted by atomic mass is 79.9. The van der Waals surface area contributed by atoms with Crippen LogP contribution in [0, 0.1) is 0 Å². The number of halogens is 1. The highest BCUT2D eigenvalue weighted by Crippen LogP contribution is 2.36. The molecule has 1 N–H and O–H groups in total. The van der Waals surface area contributed by atoms with Crippen molar-refractivity contribution in [1.29, 1.82) is 0 Å². The molecule has 1 atom stereocenters. The largest absolute Gasteiger partial charge is 0.497 e. The van der Waals surface area contributed by atoms with Crippen molar-refractivity contribution < 1.29 is 4.74 Å². The van der Waals surface area contributed by atoms with Gasteiger partial charge < -0.3 is 10.1 Å². The van der Waals surface area contributed by atoms with Crippen LogP contribution in [0.15, 0.2) is 22.7 Å². The molecule has 82 valence electrons. The first-order chi connectivity index (χ1) is 7.15. The van der Waals surface area contributed by atoms with Crippen LogP contribution in [0.25, 0.3) is 0 Å². The molecule has 2 nitrogen and oxygen atoms in total. The standard InChI is InChI=1S/C12H16BrNO/c1-12(6-3-7-14-12)10-8-9(15-2)4-5-11(10)13/h4-5,8,14H,3,6-7H2,1-2H3. The second kappa shape index (κ2) is 4.14. The summed E-state index contributed by atoms with van der Waals surface area (Å²) in [6.07, 6.45) is 2.42. The van der Waals surface area contributed by atoms with Gasteiger partial charge in [0, 0.05) is 10.0 Å². The van der Waals surface area contributed by atoms with E-state index in [0.717, 1.165) is 16.8 Å². The lowest BCUT2D eigenvalue weighted by Gasteiger charge is -2.26. The van der Waals surface area contributed by atoms with E-state index in [4.69, 9.17) is 4.74 Å². The molecule has 0 radical (unpaired) electrons. The maximum atomic E-state index is 5.27. The SMILES string of the molecule is COc1ccc(Br)c(C2(C)CCCN2)c1. The summed E-state index contributed by atoms with van der Waals surface area (Å²) in [5, 5.41) is 3.56. The molecule has 1 aliphatic heterocycles. The molecule has 3 heteroatoms. The summed E-state index contributed by atoms with van der Waals surface area (Å²) < 4.78 is 6.42. The molecule has 1 aromatic carbocycles. The van der Waals surface area contributed by atoms with Gasteiger partial charge in [-0.25, -0.2) is 0 Å². The molecule has 0 saturated carbocycles. The van der Waals surface area contributed by atoms with Crippen LogP contribution < -0.4 is 10.1 Å². The molecule has 1 unspecified atom stereocenters. The maximum Gasteiger partial charge on any atom is 0.119 e. The van der Waals surface area contributed by atoms with Crippen LogP contribution in [0.1, 0.15) is 25.3 Å². The van der Waals surface area contributed by atoms with E-state index in [1.165, 1.54) is 18.4 Å².